The number of ether oxygens (including phenoxy) is 1. The monoisotopic (exact) mass is 434 g/mol. The van der Waals surface area contributed by atoms with E-state index in [0.29, 0.717) is 0 Å². The van der Waals surface area contributed by atoms with Crippen molar-refractivity contribution in [1.82, 2.24) is 29.7 Å². The molecule has 8 heteroatoms. The molecule has 2 aliphatic rings. The van der Waals surface area contributed by atoms with Crippen molar-refractivity contribution < 1.29 is 4.74 Å². The number of aromatic nitrogens is 3. The Hall–Kier alpha value is -2.81. The van der Waals surface area contributed by atoms with E-state index in [4.69, 9.17) is 17.0 Å². The molecule has 5 rings (SSSR count). The van der Waals surface area contributed by atoms with E-state index in [-0.39, 0.29) is 12.1 Å². The second-order valence-electron chi connectivity index (χ2n) is 7.79. The number of thiocarbonyl (C=S) groups is 1. The van der Waals surface area contributed by atoms with Gasteiger partial charge in [-0.3, -0.25) is 14.9 Å². The van der Waals surface area contributed by atoms with E-state index in [0.717, 1.165) is 61.6 Å². The van der Waals surface area contributed by atoms with Crippen molar-refractivity contribution in [1.29, 1.82) is 0 Å². The molecule has 3 aromatic rings. The third kappa shape index (κ3) is 4.19. The van der Waals surface area contributed by atoms with Gasteiger partial charge in [0.05, 0.1) is 42.9 Å². The van der Waals surface area contributed by atoms with Crippen LogP contribution in [0.3, 0.4) is 0 Å². The quantitative estimate of drug-likeness (QED) is 0.599. The highest BCUT2D eigenvalue weighted by atomic mass is 32.1. The zero-order chi connectivity index (χ0) is 21.0. The molecule has 3 aromatic heterocycles. The van der Waals surface area contributed by atoms with Crippen LogP contribution in [-0.4, -0.2) is 68.8 Å². The summed E-state index contributed by atoms with van der Waals surface area (Å²) in [7, 11) is 0. The molecule has 0 aromatic carbocycles. The van der Waals surface area contributed by atoms with Crippen LogP contribution in [-0.2, 0) is 4.74 Å². The smallest absolute Gasteiger partial charge is 0.170 e. The fraction of sp³-hybridized carbons (Fsp3) is 0.348. The topological polar surface area (TPSA) is 58.5 Å². The van der Waals surface area contributed by atoms with Crippen LogP contribution in [0.25, 0.3) is 5.69 Å². The fourth-order valence-electron chi connectivity index (χ4n) is 4.41. The number of morpholine rings is 1. The lowest BCUT2D eigenvalue weighted by atomic mass is 10.0. The van der Waals surface area contributed by atoms with Crippen molar-refractivity contribution >= 4 is 17.3 Å². The Morgan fingerprint density at radius 1 is 1.03 bits per heavy atom. The van der Waals surface area contributed by atoms with Gasteiger partial charge in [0.25, 0.3) is 0 Å². The zero-order valence-corrected chi connectivity index (χ0v) is 18.1. The van der Waals surface area contributed by atoms with Crippen molar-refractivity contribution in [3.05, 3.63) is 78.6 Å². The predicted octanol–water partition coefficient (Wildman–Crippen LogP) is 2.57. The maximum Gasteiger partial charge on any atom is 0.170 e. The van der Waals surface area contributed by atoms with Crippen LogP contribution >= 0.6 is 12.2 Å². The first-order valence-electron chi connectivity index (χ1n) is 10.7. The molecule has 1 N–H and O–H groups in total. The van der Waals surface area contributed by atoms with Crippen LogP contribution in [0.1, 0.15) is 23.5 Å². The molecule has 0 spiro atoms. The van der Waals surface area contributed by atoms with E-state index in [9.17, 15) is 0 Å². The van der Waals surface area contributed by atoms with E-state index >= 15 is 0 Å². The minimum absolute atomic E-state index is 0.0243. The lowest BCUT2D eigenvalue weighted by molar-refractivity contribution is 0.0349. The number of pyridine rings is 2. The molecule has 0 aliphatic carbocycles. The molecule has 2 aliphatic heterocycles. The van der Waals surface area contributed by atoms with Gasteiger partial charge in [-0.25, -0.2) is 0 Å². The summed E-state index contributed by atoms with van der Waals surface area (Å²) in [5.74, 6) is 0. The molecule has 160 valence electrons. The molecular formula is C23H26N6OS. The second kappa shape index (κ2) is 9.13. The van der Waals surface area contributed by atoms with Gasteiger partial charge in [-0.15, -0.1) is 0 Å². The minimum atomic E-state index is -0.0243. The van der Waals surface area contributed by atoms with E-state index in [1.54, 1.807) is 6.20 Å². The van der Waals surface area contributed by atoms with Gasteiger partial charge >= 0.3 is 0 Å². The van der Waals surface area contributed by atoms with Gasteiger partial charge in [0.15, 0.2) is 5.11 Å². The zero-order valence-electron chi connectivity index (χ0n) is 17.3. The van der Waals surface area contributed by atoms with E-state index in [1.165, 1.54) is 0 Å². The van der Waals surface area contributed by atoms with Gasteiger partial charge < -0.3 is 19.5 Å². The summed E-state index contributed by atoms with van der Waals surface area (Å²) in [6.07, 6.45) is 7.61. The molecule has 2 fully saturated rings. The summed E-state index contributed by atoms with van der Waals surface area (Å²) in [5.41, 5.74) is 3.19. The van der Waals surface area contributed by atoms with E-state index in [1.807, 2.05) is 30.6 Å². The molecule has 0 bridgehead atoms. The van der Waals surface area contributed by atoms with Crippen molar-refractivity contribution in [2.24, 2.45) is 0 Å². The maximum absolute atomic E-state index is 5.82. The number of nitrogens with one attached hydrogen (secondary N) is 1. The van der Waals surface area contributed by atoms with Crippen LogP contribution in [0, 0.1) is 0 Å². The standard InChI is InChI=1S/C23H26N6OS/c31-23-26-21(19-6-1-2-9-25-19)22(29(23)12-11-27-13-15-30-16-14-27)20-7-4-10-28(20)18-5-3-8-24-17-18/h1-10,17,21-22H,11-16H2,(H,26,31)/t21-,22+/m1/s1. The Labute approximate surface area is 187 Å². The Morgan fingerprint density at radius 3 is 2.71 bits per heavy atom. The van der Waals surface area contributed by atoms with Gasteiger partial charge in [0.1, 0.15) is 0 Å². The van der Waals surface area contributed by atoms with E-state index < -0.39 is 0 Å². The summed E-state index contributed by atoms with van der Waals surface area (Å²) in [6.45, 7) is 5.32. The molecule has 0 radical (unpaired) electrons. The molecule has 0 saturated carbocycles. The van der Waals surface area contributed by atoms with Crippen molar-refractivity contribution in [2.45, 2.75) is 12.1 Å². The van der Waals surface area contributed by atoms with Crippen LogP contribution < -0.4 is 5.32 Å². The molecule has 7 nitrogen and oxygen atoms in total. The first-order chi connectivity index (χ1) is 15.3. The average Bonchev–Trinajstić information content (AvgIpc) is 3.44. The SMILES string of the molecule is S=C1N[C@H](c2ccccn2)[C@H](c2cccn2-c2cccnc2)N1CCN1CCOCC1. The Kier molecular flexibility index (Phi) is 5.93. The van der Waals surface area contributed by atoms with Crippen LogP contribution in [0.15, 0.2) is 67.3 Å². The summed E-state index contributed by atoms with van der Waals surface area (Å²) in [5, 5.41) is 4.32. The van der Waals surface area contributed by atoms with Crippen molar-refractivity contribution in [2.75, 3.05) is 39.4 Å². The molecule has 0 unspecified atom stereocenters. The number of nitrogens with zero attached hydrogens (tertiary/aromatic N) is 5. The Morgan fingerprint density at radius 2 is 1.94 bits per heavy atom. The van der Waals surface area contributed by atoms with Crippen LogP contribution in [0.5, 0.6) is 0 Å². The second-order valence-corrected chi connectivity index (χ2v) is 8.17. The summed E-state index contributed by atoms with van der Waals surface area (Å²) < 4.78 is 7.70. The van der Waals surface area contributed by atoms with Crippen LogP contribution in [0.4, 0.5) is 0 Å². The highest BCUT2D eigenvalue weighted by molar-refractivity contribution is 7.80. The summed E-state index contributed by atoms with van der Waals surface area (Å²) in [4.78, 5) is 13.7. The summed E-state index contributed by atoms with van der Waals surface area (Å²) in [6, 6.07) is 14.3. The lowest BCUT2D eigenvalue weighted by Gasteiger charge is -2.32. The number of hydrogen-bond acceptors (Lipinski definition) is 5. The molecule has 0 amide bonds. The average molecular weight is 435 g/mol. The minimum Gasteiger partial charge on any atom is -0.379 e. The van der Waals surface area contributed by atoms with Gasteiger partial charge in [0.2, 0.25) is 0 Å². The first-order valence-corrected chi connectivity index (χ1v) is 11.1. The van der Waals surface area contributed by atoms with Gasteiger partial charge in [0, 0.05) is 50.5 Å². The molecule has 2 atom stereocenters. The van der Waals surface area contributed by atoms with Crippen molar-refractivity contribution in [3.63, 3.8) is 0 Å². The molecule has 31 heavy (non-hydrogen) atoms. The normalized spacial score (nSPS) is 21.9. The molecule has 5 heterocycles. The maximum atomic E-state index is 5.82. The van der Waals surface area contributed by atoms with E-state index in [2.05, 4.69) is 60.1 Å². The first kappa shape index (κ1) is 20.1. The lowest BCUT2D eigenvalue weighted by Crippen LogP contribution is -2.42. The number of hydrogen-bond donors (Lipinski definition) is 1. The van der Waals surface area contributed by atoms with Gasteiger partial charge in [-0.05, 0) is 48.6 Å². The van der Waals surface area contributed by atoms with Crippen LogP contribution in [0.2, 0.25) is 0 Å². The highest BCUT2D eigenvalue weighted by Crippen LogP contribution is 2.39. The highest BCUT2D eigenvalue weighted by Gasteiger charge is 2.41. The third-order valence-electron chi connectivity index (χ3n) is 5.97. The summed E-state index contributed by atoms with van der Waals surface area (Å²) >= 11 is 5.82. The fourth-order valence-corrected chi connectivity index (χ4v) is 4.74. The Balaban J connectivity index is 1.49. The Bertz CT molecular complexity index is 1010. The van der Waals surface area contributed by atoms with Gasteiger partial charge in [-0.1, -0.05) is 6.07 Å². The number of rotatable bonds is 6. The third-order valence-corrected chi connectivity index (χ3v) is 6.32. The van der Waals surface area contributed by atoms with Crippen molar-refractivity contribution in [3.8, 4) is 5.69 Å². The molecule has 2 saturated heterocycles. The predicted molar refractivity (Wildman–Crippen MR) is 123 cm³/mol. The largest absolute Gasteiger partial charge is 0.379 e. The van der Waals surface area contributed by atoms with Gasteiger partial charge in [-0.2, -0.15) is 0 Å². The molecular weight excluding hydrogens is 408 g/mol.